The second kappa shape index (κ2) is 6.25. The summed E-state index contributed by atoms with van der Waals surface area (Å²) in [7, 11) is -3.76. The van der Waals surface area contributed by atoms with E-state index in [0.29, 0.717) is 23.8 Å². The number of sulfonamides is 1. The molecule has 0 aliphatic carbocycles. The molecule has 1 aliphatic rings. The van der Waals surface area contributed by atoms with Gasteiger partial charge in [0.15, 0.2) is 0 Å². The SMILES string of the molecule is O=C(c1cc(S(=O)(=O)Nc2ccc(Cl)cc2)c[nH]1)N1CCCC1. The van der Waals surface area contributed by atoms with Gasteiger partial charge >= 0.3 is 0 Å². The summed E-state index contributed by atoms with van der Waals surface area (Å²) >= 11 is 5.78. The minimum atomic E-state index is -3.76. The lowest BCUT2D eigenvalue weighted by molar-refractivity contribution is 0.0787. The standard InChI is InChI=1S/C15H16ClN3O3S/c16-11-3-5-12(6-4-11)18-23(21,22)13-9-14(17-10-13)15(20)19-7-1-2-8-19/h3-6,9-10,17-18H,1-2,7-8H2. The quantitative estimate of drug-likeness (QED) is 0.886. The van der Waals surface area contributed by atoms with E-state index in [9.17, 15) is 13.2 Å². The summed E-state index contributed by atoms with van der Waals surface area (Å²) in [6.45, 7) is 1.42. The van der Waals surface area contributed by atoms with Crippen molar-refractivity contribution >= 4 is 33.2 Å². The number of carbonyl (C=O) groups is 1. The first-order valence-corrected chi connectivity index (χ1v) is 9.08. The van der Waals surface area contributed by atoms with Crippen LogP contribution in [0.25, 0.3) is 0 Å². The Hall–Kier alpha value is -1.99. The molecule has 1 aliphatic heterocycles. The zero-order valence-electron chi connectivity index (χ0n) is 12.3. The van der Waals surface area contributed by atoms with Crippen LogP contribution in [0.3, 0.4) is 0 Å². The highest BCUT2D eigenvalue weighted by Gasteiger charge is 2.23. The van der Waals surface area contributed by atoms with Crippen LogP contribution < -0.4 is 4.72 Å². The number of nitrogens with one attached hydrogen (secondary N) is 2. The fourth-order valence-electron chi connectivity index (χ4n) is 2.48. The number of likely N-dealkylation sites (tertiary alicyclic amines) is 1. The zero-order valence-corrected chi connectivity index (χ0v) is 13.8. The van der Waals surface area contributed by atoms with Gasteiger partial charge in [-0.2, -0.15) is 0 Å². The highest BCUT2D eigenvalue weighted by Crippen LogP contribution is 2.20. The molecule has 0 saturated carbocycles. The molecule has 1 saturated heterocycles. The molecule has 3 rings (SSSR count). The van der Waals surface area contributed by atoms with Crippen LogP contribution in [0.1, 0.15) is 23.3 Å². The molecule has 0 bridgehead atoms. The van der Waals surface area contributed by atoms with Crippen molar-refractivity contribution < 1.29 is 13.2 Å². The molecule has 122 valence electrons. The smallest absolute Gasteiger partial charge is 0.270 e. The number of benzene rings is 1. The van der Waals surface area contributed by atoms with E-state index in [2.05, 4.69) is 9.71 Å². The summed E-state index contributed by atoms with van der Waals surface area (Å²) in [5.41, 5.74) is 0.686. The Bertz CT molecular complexity index is 809. The lowest BCUT2D eigenvalue weighted by atomic mass is 10.3. The number of rotatable bonds is 4. The van der Waals surface area contributed by atoms with E-state index in [1.165, 1.54) is 12.3 Å². The lowest BCUT2D eigenvalue weighted by Crippen LogP contribution is -2.27. The third-order valence-electron chi connectivity index (χ3n) is 3.69. The van der Waals surface area contributed by atoms with E-state index in [0.717, 1.165) is 12.8 Å². The molecule has 1 aromatic carbocycles. The van der Waals surface area contributed by atoms with E-state index in [1.807, 2.05) is 0 Å². The summed E-state index contributed by atoms with van der Waals surface area (Å²) in [6.07, 6.45) is 3.28. The van der Waals surface area contributed by atoms with E-state index in [1.54, 1.807) is 29.2 Å². The lowest BCUT2D eigenvalue weighted by Gasteiger charge is -2.13. The highest BCUT2D eigenvalue weighted by atomic mass is 35.5. The molecule has 2 heterocycles. The van der Waals surface area contributed by atoms with Crippen LogP contribution in [0.5, 0.6) is 0 Å². The van der Waals surface area contributed by atoms with Crippen LogP contribution in [-0.4, -0.2) is 37.3 Å². The van der Waals surface area contributed by atoms with Crippen LogP contribution in [0.4, 0.5) is 5.69 Å². The Kier molecular flexibility index (Phi) is 4.32. The molecule has 0 unspecified atom stereocenters. The largest absolute Gasteiger partial charge is 0.356 e. The van der Waals surface area contributed by atoms with E-state index in [4.69, 9.17) is 11.6 Å². The zero-order chi connectivity index (χ0) is 16.4. The maximum atomic E-state index is 12.4. The molecule has 6 nitrogen and oxygen atoms in total. The van der Waals surface area contributed by atoms with Crippen LogP contribution in [0.15, 0.2) is 41.4 Å². The van der Waals surface area contributed by atoms with Gasteiger partial charge in [0.1, 0.15) is 10.6 Å². The number of hydrogen-bond acceptors (Lipinski definition) is 3. The van der Waals surface area contributed by atoms with E-state index in [-0.39, 0.29) is 16.5 Å². The first kappa shape index (κ1) is 15.9. The predicted molar refractivity (Wildman–Crippen MR) is 88.2 cm³/mol. The van der Waals surface area contributed by atoms with Gasteiger partial charge in [-0.05, 0) is 43.2 Å². The van der Waals surface area contributed by atoms with Gasteiger partial charge in [-0.25, -0.2) is 8.42 Å². The summed E-state index contributed by atoms with van der Waals surface area (Å²) in [5.74, 6) is -0.171. The fourth-order valence-corrected chi connectivity index (χ4v) is 3.65. The van der Waals surface area contributed by atoms with Gasteiger partial charge in [0.25, 0.3) is 15.9 Å². The van der Waals surface area contributed by atoms with E-state index >= 15 is 0 Å². The summed E-state index contributed by atoms with van der Waals surface area (Å²) in [5, 5.41) is 0.521. The maximum Gasteiger partial charge on any atom is 0.270 e. The minimum absolute atomic E-state index is 0.0231. The topological polar surface area (TPSA) is 82.3 Å². The van der Waals surface area contributed by atoms with Crippen molar-refractivity contribution in [2.75, 3.05) is 17.8 Å². The molecule has 2 N–H and O–H groups in total. The third kappa shape index (κ3) is 3.51. The Morgan fingerprint density at radius 2 is 1.83 bits per heavy atom. The van der Waals surface area contributed by atoms with Crippen molar-refractivity contribution in [3.8, 4) is 0 Å². The number of H-pyrrole nitrogens is 1. The molecule has 0 radical (unpaired) electrons. The van der Waals surface area contributed by atoms with Gasteiger partial charge in [-0.15, -0.1) is 0 Å². The fraction of sp³-hybridized carbons (Fsp3) is 0.267. The number of anilines is 1. The predicted octanol–water partition coefficient (Wildman–Crippen LogP) is 2.70. The number of hydrogen-bond donors (Lipinski definition) is 2. The first-order chi connectivity index (χ1) is 11.0. The van der Waals surface area contributed by atoms with Crippen LogP contribution >= 0.6 is 11.6 Å². The molecule has 1 fully saturated rings. The van der Waals surface area contributed by atoms with Crippen LogP contribution in [0, 0.1) is 0 Å². The van der Waals surface area contributed by atoms with Gasteiger partial charge in [-0.3, -0.25) is 9.52 Å². The second-order valence-electron chi connectivity index (χ2n) is 5.36. The van der Waals surface area contributed by atoms with E-state index < -0.39 is 10.0 Å². The van der Waals surface area contributed by atoms with Gasteiger partial charge in [0, 0.05) is 30.0 Å². The molecule has 0 atom stereocenters. The van der Waals surface area contributed by atoms with Crippen molar-refractivity contribution in [1.82, 2.24) is 9.88 Å². The number of carbonyl (C=O) groups excluding carboxylic acids is 1. The number of halogens is 1. The number of nitrogens with zero attached hydrogens (tertiary/aromatic N) is 1. The molecule has 1 amide bonds. The Morgan fingerprint density at radius 3 is 2.48 bits per heavy atom. The second-order valence-corrected chi connectivity index (χ2v) is 7.48. The molecule has 8 heteroatoms. The van der Waals surface area contributed by atoms with Crippen molar-refractivity contribution in [2.45, 2.75) is 17.7 Å². The maximum absolute atomic E-state index is 12.4. The number of amides is 1. The van der Waals surface area contributed by atoms with Gasteiger partial charge in [-0.1, -0.05) is 11.6 Å². The Balaban J connectivity index is 1.78. The average Bonchev–Trinajstić information content (AvgIpc) is 3.20. The summed E-state index contributed by atoms with van der Waals surface area (Å²) in [6, 6.07) is 7.70. The Morgan fingerprint density at radius 1 is 1.17 bits per heavy atom. The summed E-state index contributed by atoms with van der Waals surface area (Å²) in [4.78, 5) is 16.7. The van der Waals surface area contributed by atoms with Crippen LogP contribution in [0.2, 0.25) is 5.02 Å². The molecule has 1 aromatic heterocycles. The normalized spacial score (nSPS) is 14.9. The molecule has 23 heavy (non-hydrogen) atoms. The number of aromatic nitrogens is 1. The third-order valence-corrected chi connectivity index (χ3v) is 5.30. The molecular weight excluding hydrogens is 338 g/mol. The van der Waals surface area contributed by atoms with Crippen molar-refractivity contribution in [3.05, 3.63) is 47.2 Å². The van der Waals surface area contributed by atoms with Gasteiger partial charge < -0.3 is 9.88 Å². The number of aromatic amines is 1. The summed E-state index contributed by atoms with van der Waals surface area (Å²) < 4.78 is 27.2. The minimum Gasteiger partial charge on any atom is -0.356 e. The monoisotopic (exact) mass is 353 g/mol. The van der Waals surface area contributed by atoms with Crippen LogP contribution in [-0.2, 0) is 10.0 Å². The average molecular weight is 354 g/mol. The first-order valence-electron chi connectivity index (χ1n) is 7.22. The van der Waals surface area contributed by atoms with Crippen molar-refractivity contribution in [1.29, 1.82) is 0 Å². The highest BCUT2D eigenvalue weighted by molar-refractivity contribution is 7.92. The van der Waals surface area contributed by atoms with Crippen molar-refractivity contribution in [3.63, 3.8) is 0 Å². The Labute approximate surface area is 139 Å². The molecule has 0 spiro atoms. The van der Waals surface area contributed by atoms with Gasteiger partial charge in [0.2, 0.25) is 0 Å². The molecule has 2 aromatic rings. The van der Waals surface area contributed by atoms with Gasteiger partial charge in [0.05, 0.1) is 0 Å². The van der Waals surface area contributed by atoms with Crippen molar-refractivity contribution in [2.24, 2.45) is 0 Å². The molecular formula is C15H16ClN3O3S.